The van der Waals surface area contributed by atoms with Gasteiger partial charge in [-0.2, -0.15) is 0 Å². The molecular weight excluding hydrogens is 414 g/mol. The van der Waals surface area contributed by atoms with E-state index in [0.29, 0.717) is 24.5 Å². The fourth-order valence-corrected chi connectivity index (χ4v) is 4.89. The summed E-state index contributed by atoms with van der Waals surface area (Å²) in [6, 6.07) is 14.2. The zero-order valence-electron chi connectivity index (χ0n) is 17.1. The molecule has 2 aromatic carbocycles. The van der Waals surface area contributed by atoms with E-state index in [1.54, 1.807) is 30.3 Å². The summed E-state index contributed by atoms with van der Waals surface area (Å²) in [7, 11) is -2.30. The first-order valence-electron chi connectivity index (χ1n) is 9.86. The molecule has 4 aromatic rings. The van der Waals surface area contributed by atoms with E-state index in [1.807, 2.05) is 41.9 Å². The number of pyridine rings is 1. The number of aromatic nitrogens is 2. The molecule has 1 aliphatic heterocycles. The number of benzene rings is 2. The number of aryl methyl sites for hydroxylation is 1. The van der Waals surface area contributed by atoms with Crippen LogP contribution in [0.25, 0.3) is 16.9 Å². The first kappa shape index (κ1) is 19.4. The largest absolute Gasteiger partial charge is 0.495 e. The van der Waals surface area contributed by atoms with Gasteiger partial charge in [-0.25, -0.2) is 13.4 Å². The summed E-state index contributed by atoms with van der Waals surface area (Å²) in [6.07, 6.45) is 4.55. The Labute approximate surface area is 180 Å². The fourth-order valence-electron chi connectivity index (χ4n) is 3.77. The average molecular weight is 436 g/mol. The average Bonchev–Trinajstić information content (AvgIpc) is 3.40. The second kappa shape index (κ2) is 7.31. The summed E-state index contributed by atoms with van der Waals surface area (Å²) < 4.78 is 41.6. The van der Waals surface area contributed by atoms with E-state index in [-0.39, 0.29) is 4.90 Å². The molecule has 0 amide bonds. The van der Waals surface area contributed by atoms with Crippen molar-refractivity contribution in [1.82, 2.24) is 9.38 Å². The van der Waals surface area contributed by atoms with Crippen LogP contribution in [0.3, 0.4) is 0 Å². The van der Waals surface area contributed by atoms with Gasteiger partial charge in [0.15, 0.2) is 0 Å². The van der Waals surface area contributed by atoms with Gasteiger partial charge >= 0.3 is 0 Å². The summed E-state index contributed by atoms with van der Waals surface area (Å²) in [5, 5.41) is 0. The maximum absolute atomic E-state index is 13.1. The van der Waals surface area contributed by atoms with Crippen LogP contribution in [0.15, 0.2) is 65.8 Å². The summed E-state index contributed by atoms with van der Waals surface area (Å²) in [5.41, 5.74) is 4.69. The van der Waals surface area contributed by atoms with E-state index in [1.165, 1.54) is 7.11 Å². The molecule has 7 nitrogen and oxygen atoms in total. The first-order chi connectivity index (χ1) is 14.9. The van der Waals surface area contributed by atoms with E-state index in [4.69, 9.17) is 14.5 Å². The Morgan fingerprint density at radius 3 is 2.84 bits per heavy atom. The van der Waals surface area contributed by atoms with Crippen molar-refractivity contribution in [2.24, 2.45) is 0 Å². The number of hydrogen-bond acceptors (Lipinski definition) is 5. The number of sulfonamides is 1. The van der Waals surface area contributed by atoms with Gasteiger partial charge < -0.3 is 13.9 Å². The quantitative estimate of drug-likeness (QED) is 0.511. The number of nitrogens with zero attached hydrogens (tertiary/aromatic N) is 2. The number of rotatable bonds is 5. The van der Waals surface area contributed by atoms with Gasteiger partial charge in [-0.15, -0.1) is 0 Å². The lowest BCUT2D eigenvalue weighted by atomic mass is 10.1. The molecule has 0 fully saturated rings. The molecule has 0 atom stereocenters. The summed E-state index contributed by atoms with van der Waals surface area (Å²) in [6.45, 7) is 2.57. The molecule has 5 rings (SSSR count). The minimum absolute atomic E-state index is 0.188. The van der Waals surface area contributed by atoms with Crippen molar-refractivity contribution in [3.63, 3.8) is 0 Å². The van der Waals surface area contributed by atoms with Gasteiger partial charge in [0.1, 0.15) is 17.1 Å². The topological polar surface area (TPSA) is 81.9 Å². The van der Waals surface area contributed by atoms with Gasteiger partial charge in [0.2, 0.25) is 0 Å². The fraction of sp³-hybridized carbons (Fsp3) is 0.174. The van der Waals surface area contributed by atoms with Crippen molar-refractivity contribution < 1.29 is 17.9 Å². The van der Waals surface area contributed by atoms with Crippen LogP contribution in [-0.4, -0.2) is 31.5 Å². The lowest BCUT2D eigenvalue weighted by Gasteiger charge is -2.13. The Hall–Kier alpha value is -3.52. The monoisotopic (exact) mass is 435 g/mol. The van der Waals surface area contributed by atoms with Crippen LogP contribution in [0.1, 0.15) is 11.1 Å². The lowest BCUT2D eigenvalue weighted by molar-refractivity contribution is 0.356. The molecule has 1 aliphatic rings. The highest BCUT2D eigenvalue weighted by molar-refractivity contribution is 7.92. The van der Waals surface area contributed by atoms with Crippen LogP contribution in [0.2, 0.25) is 0 Å². The second-order valence-corrected chi connectivity index (χ2v) is 9.12. The number of imidazole rings is 1. The molecule has 158 valence electrons. The third-order valence-corrected chi connectivity index (χ3v) is 6.75. The molecule has 1 N–H and O–H groups in total. The highest BCUT2D eigenvalue weighted by Crippen LogP contribution is 2.33. The molecular formula is C23H21N3O4S. The van der Waals surface area contributed by atoms with Crippen molar-refractivity contribution in [2.45, 2.75) is 18.2 Å². The zero-order valence-corrected chi connectivity index (χ0v) is 17.9. The van der Waals surface area contributed by atoms with Gasteiger partial charge in [-0.1, -0.05) is 6.07 Å². The minimum atomic E-state index is -3.81. The molecule has 3 heterocycles. The van der Waals surface area contributed by atoms with Crippen molar-refractivity contribution in [1.29, 1.82) is 0 Å². The van der Waals surface area contributed by atoms with Crippen LogP contribution in [0.5, 0.6) is 11.5 Å². The number of ether oxygens (including phenoxy) is 2. The SMILES string of the molecule is COc1ccc(-c2cn3cccc(C)c3n2)cc1NS(=O)(=O)c1ccc2c(c1)CCO2. The highest BCUT2D eigenvalue weighted by Gasteiger charge is 2.21. The number of fused-ring (bicyclic) bond motifs is 2. The normalized spacial score (nSPS) is 13.1. The minimum Gasteiger partial charge on any atom is -0.495 e. The second-order valence-electron chi connectivity index (χ2n) is 7.44. The number of nitrogens with one attached hydrogen (secondary N) is 1. The Morgan fingerprint density at radius 2 is 2.03 bits per heavy atom. The summed E-state index contributed by atoms with van der Waals surface area (Å²) >= 11 is 0. The third-order valence-electron chi connectivity index (χ3n) is 5.39. The van der Waals surface area contributed by atoms with Gasteiger partial charge in [0, 0.05) is 24.4 Å². The van der Waals surface area contributed by atoms with Crippen LogP contribution in [-0.2, 0) is 16.4 Å². The molecule has 2 aromatic heterocycles. The zero-order chi connectivity index (χ0) is 21.6. The predicted molar refractivity (Wildman–Crippen MR) is 118 cm³/mol. The van der Waals surface area contributed by atoms with Crippen molar-refractivity contribution >= 4 is 21.4 Å². The number of anilines is 1. The predicted octanol–water partition coefficient (Wildman–Crippen LogP) is 4.05. The van der Waals surface area contributed by atoms with E-state index < -0.39 is 10.0 Å². The maximum atomic E-state index is 13.1. The molecule has 0 aliphatic carbocycles. The smallest absolute Gasteiger partial charge is 0.262 e. The van der Waals surface area contributed by atoms with Gasteiger partial charge in [0.05, 0.1) is 30.0 Å². The number of methoxy groups -OCH3 is 1. The summed E-state index contributed by atoms with van der Waals surface area (Å²) in [5.74, 6) is 1.16. The first-order valence-corrected chi connectivity index (χ1v) is 11.3. The third kappa shape index (κ3) is 3.48. The Morgan fingerprint density at radius 1 is 1.16 bits per heavy atom. The van der Waals surface area contributed by atoms with Crippen molar-refractivity contribution in [3.05, 3.63) is 72.1 Å². The number of hydrogen-bond donors (Lipinski definition) is 1. The van der Waals surface area contributed by atoms with Gasteiger partial charge in [0.25, 0.3) is 10.0 Å². The molecule has 0 radical (unpaired) electrons. The molecule has 8 heteroatoms. The Kier molecular flexibility index (Phi) is 4.59. The van der Waals surface area contributed by atoms with E-state index in [0.717, 1.165) is 33.8 Å². The van der Waals surface area contributed by atoms with E-state index >= 15 is 0 Å². The van der Waals surface area contributed by atoms with Crippen molar-refractivity contribution in [2.75, 3.05) is 18.4 Å². The van der Waals surface area contributed by atoms with Crippen LogP contribution in [0.4, 0.5) is 5.69 Å². The van der Waals surface area contributed by atoms with Crippen LogP contribution in [0, 0.1) is 6.92 Å². The standard InChI is InChI=1S/C23H21N3O4S/c1-15-4-3-10-26-14-20(24-23(15)26)16-5-7-22(29-2)19(13-16)25-31(27,28)18-6-8-21-17(12-18)9-11-30-21/h3-8,10,12-14,25H,9,11H2,1-2H3. The van der Waals surface area contributed by atoms with Gasteiger partial charge in [-0.3, -0.25) is 4.72 Å². The Balaban J connectivity index is 1.53. The van der Waals surface area contributed by atoms with Crippen molar-refractivity contribution in [3.8, 4) is 22.8 Å². The summed E-state index contributed by atoms with van der Waals surface area (Å²) in [4.78, 5) is 4.89. The Bertz CT molecular complexity index is 1410. The van der Waals surface area contributed by atoms with Crippen LogP contribution >= 0.6 is 0 Å². The maximum Gasteiger partial charge on any atom is 0.262 e. The molecule has 0 saturated carbocycles. The van der Waals surface area contributed by atoms with Crippen LogP contribution < -0.4 is 14.2 Å². The lowest BCUT2D eigenvalue weighted by Crippen LogP contribution is -2.14. The highest BCUT2D eigenvalue weighted by atomic mass is 32.2. The molecule has 31 heavy (non-hydrogen) atoms. The van der Waals surface area contributed by atoms with E-state index in [9.17, 15) is 8.42 Å². The molecule has 0 spiro atoms. The molecule has 0 saturated heterocycles. The molecule has 0 unspecified atom stereocenters. The van der Waals surface area contributed by atoms with Gasteiger partial charge in [-0.05, 0) is 60.5 Å². The van der Waals surface area contributed by atoms with E-state index in [2.05, 4.69) is 4.72 Å². The molecule has 0 bridgehead atoms.